The molecule has 112 valence electrons. The van der Waals surface area contributed by atoms with Crippen LogP contribution in [0.1, 0.15) is 11.3 Å². The van der Waals surface area contributed by atoms with E-state index in [0.29, 0.717) is 5.69 Å². The van der Waals surface area contributed by atoms with E-state index in [9.17, 15) is 17.2 Å². The van der Waals surface area contributed by atoms with Gasteiger partial charge in [0, 0.05) is 18.3 Å². The number of hydrogen-bond donors (Lipinski definition) is 2. The summed E-state index contributed by atoms with van der Waals surface area (Å²) < 4.78 is 53.6. The molecule has 2 aromatic rings. The van der Waals surface area contributed by atoms with Gasteiger partial charge in [0.25, 0.3) is 0 Å². The van der Waals surface area contributed by atoms with Gasteiger partial charge in [0.05, 0.1) is 12.2 Å². The average molecular weight is 314 g/mol. The molecule has 0 unspecified atom stereocenters. The van der Waals surface area contributed by atoms with Crippen molar-refractivity contribution in [1.29, 1.82) is 0 Å². The first-order valence-corrected chi connectivity index (χ1v) is 7.35. The van der Waals surface area contributed by atoms with Gasteiger partial charge in [-0.1, -0.05) is 0 Å². The van der Waals surface area contributed by atoms with Crippen LogP contribution in [0.2, 0.25) is 0 Å². The summed E-state index contributed by atoms with van der Waals surface area (Å²) in [6.45, 7) is -0.577. The Balaban J connectivity index is 2.28. The van der Waals surface area contributed by atoms with Crippen molar-refractivity contribution in [3.8, 4) is 0 Å². The van der Waals surface area contributed by atoms with Gasteiger partial charge in [-0.3, -0.25) is 0 Å². The summed E-state index contributed by atoms with van der Waals surface area (Å²) in [5.74, 6) is -2.07. The number of sulfonamides is 1. The average Bonchev–Trinajstić information content (AvgIpc) is 2.46. The number of halogens is 2. The Morgan fingerprint density at radius 1 is 1.24 bits per heavy atom. The van der Waals surface area contributed by atoms with Crippen LogP contribution in [0.3, 0.4) is 0 Å². The van der Waals surface area contributed by atoms with E-state index >= 15 is 0 Å². The number of benzene rings is 1. The largest absolute Gasteiger partial charge is 0.326 e. The highest BCUT2D eigenvalue weighted by molar-refractivity contribution is 7.89. The zero-order valence-electron chi connectivity index (χ0n) is 10.8. The second kappa shape index (κ2) is 6.20. The van der Waals surface area contributed by atoms with Crippen LogP contribution in [-0.2, 0) is 23.1 Å². The molecule has 0 saturated heterocycles. The molecule has 0 amide bonds. The second-order valence-electron chi connectivity index (χ2n) is 4.07. The molecule has 0 radical (unpaired) electrons. The molecule has 0 atom stereocenters. The Kier molecular flexibility index (Phi) is 4.56. The summed E-state index contributed by atoms with van der Waals surface area (Å²) in [5.41, 5.74) is 5.16. The highest BCUT2D eigenvalue weighted by Crippen LogP contribution is 2.20. The van der Waals surface area contributed by atoms with Crippen LogP contribution in [0.15, 0.2) is 35.6 Å². The SMILES string of the molecule is NCc1c(F)ccc(S(=O)(=O)NCc2ccncn2)c1F. The Hall–Kier alpha value is -1.97. The number of nitrogens with two attached hydrogens (primary N) is 1. The molecular formula is C12H12F2N4O2S. The fourth-order valence-corrected chi connectivity index (χ4v) is 2.74. The third-order valence-electron chi connectivity index (χ3n) is 2.73. The molecule has 1 aromatic carbocycles. The Morgan fingerprint density at radius 2 is 2.00 bits per heavy atom. The van der Waals surface area contributed by atoms with Crippen molar-refractivity contribution in [3.63, 3.8) is 0 Å². The number of hydrogen-bond acceptors (Lipinski definition) is 5. The molecule has 0 aliphatic rings. The molecule has 2 rings (SSSR count). The van der Waals surface area contributed by atoms with Crippen LogP contribution in [-0.4, -0.2) is 18.4 Å². The minimum atomic E-state index is -4.15. The minimum absolute atomic E-state index is 0.139. The number of rotatable bonds is 5. The molecule has 0 aliphatic carbocycles. The standard InChI is InChI=1S/C12H12F2N4O2S/c13-10-1-2-11(12(14)9(10)5-15)21(19,20)18-6-8-3-4-16-7-17-8/h1-4,7,18H,5-6,15H2. The van der Waals surface area contributed by atoms with E-state index in [1.54, 1.807) is 0 Å². The fourth-order valence-electron chi connectivity index (χ4n) is 1.64. The summed E-state index contributed by atoms with van der Waals surface area (Å²) in [6, 6.07) is 3.23. The van der Waals surface area contributed by atoms with Gasteiger partial charge in [-0.05, 0) is 18.2 Å². The Labute approximate surface area is 120 Å². The van der Waals surface area contributed by atoms with E-state index in [1.807, 2.05) is 0 Å². The van der Waals surface area contributed by atoms with Crippen molar-refractivity contribution in [3.05, 3.63) is 53.6 Å². The number of nitrogens with zero attached hydrogens (tertiary/aromatic N) is 2. The molecule has 0 aliphatic heterocycles. The zero-order valence-corrected chi connectivity index (χ0v) is 11.6. The highest BCUT2D eigenvalue weighted by Gasteiger charge is 2.22. The number of aromatic nitrogens is 2. The van der Waals surface area contributed by atoms with Crippen LogP contribution in [0.4, 0.5) is 8.78 Å². The smallest absolute Gasteiger partial charge is 0.243 e. The lowest BCUT2D eigenvalue weighted by Crippen LogP contribution is -2.25. The van der Waals surface area contributed by atoms with E-state index in [-0.39, 0.29) is 6.54 Å². The summed E-state index contributed by atoms with van der Waals surface area (Å²) in [5, 5.41) is 0. The molecule has 3 N–H and O–H groups in total. The van der Waals surface area contributed by atoms with E-state index in [4.69, 9.17) is 5.73 Å². The maximum Gasteiger partial charge on any atom is 0.243 e. The summed E-state index contributed by atoms with van der Waals surface area (Å²) >= 11 is 0. The van der Waals surface area contributed by atoms with Gasteiger partial charge < -0.3 is 5.73 Å². The zero-order chi connectivity index (χ0) is 15.5. The lowest BCUT2D eigenvalue weighted by atomic mass is 10.2. The fraction of sp³-hybridized carbons (Fsp3) is 0.167. The van der Waals surface area contributed by atoms with Crippen LogP contribution in [0.5, 0.6) is 0 Å². The molecule has 0 spiro atoms. The van der Waals surface area contributed by atoms with E-state index in [2.05, 4.69) is 14.7 Å². The van der Waals surface area contributed by atoms with Gasteiger partial charge in [-0.2, -0.15) is 0 Å². The topological polar surface area (TPSA) is 98.0 Å². The minimum Gasteiger partial charge on any atom is -0.326 e. The second-order valence-corrected chi connectivity index (χ2v) is 5.80. The first-order chi connectivity index (χ1) is 9.95. The van der Waals surface area contributed by atoms with Crippen molar-refractivity contribution >= 4 is 10.0 Å². The first kappa shape index (κ1) is 15.4. The summed E-state index contributed by atoms with van der Waals surface area (Å²) in [7, 11) is -4.15. The van der Waals surface area contributed by atoms with Crippen molar-refractivity contribution in [2.45, 2.75) is 18.0 Å². The molecule has 0 bridgehead atoms. The van der Waals surface area contributed by atoms with E-state index in [0.717, 1.165) is 12.1 Å². The van der Waals surface area contributed by atoms with Gasteiger partial charge in [-0.15, -0.1) is 0 Å². The van der Waals surface area contributed by atoms with E-state index < -0.39 is 38.7 Å². The quantitative estimate of drug-likeness (QED) is 0.846. The summed E-state index contributed by atoms with van der Waals surface area (Å²) in [6.07, 6.45) is 2.70. The van der Waals surface area contributed by atoms with Gasteiger partial charge in [0.15, 0.2) is 5.82 Å². The van der Waals surface area contributed by atoms with Crippen molar-refractivity contribution in [1.82, 2.24) is 14.7 Å². The lowest BCUT2D eigenvalue weighted by Gasteiger charge is -2.10. The summed E-state index contributed by atoms with van der Waals surface area (Å²) in [4.78, 5) is 6.87. The first-order valence-electron chi connectivity index (χ1n) is 5.87. The maximum absolute atomic E-state index is 14.0. The molecule has 1 heterocycles. The highest BCUT2D eigenvalue weighted by atomic mass is 32.2. The molecule has 0 fully saturated rings. The van der Waals surface area contributed by atoms with Crippen molar-refractivity contribution < 1.29 is 17.2 Å². The lowest BCUT2D eigenvalue weighted by molar-refractivity contribution is 0.525. The predicted octanol–water partition coefficient (Wildman–Crippen LogP) is 0.692. The third kappa shape index (κ3) is 3.38. The van der Waals surface area contributed by atoms with Gasteiger partial charge in [0.2, 0.25) is 10.0 Å². The van der Waals surface area contributed by atoms with Crippen molar-refractivity contribution in [2.24, 2.45) is 5.73 Å². The maximum atomic E-state index is 14.0. The molecule has 9 heteroatoms. The molecule has 1 aromatic heterocycles. The van der Waals surface area contributed by atoms with Gasteiger partial charge >= 0.3 is 0 Å². The number of nitrogens with one attached hydrogen (secondary N) is 1. The predicted molar refractivity (Wildman–Crippen MR) is 70.3 cm³/mol. The van der Waals surface area contributed by atoms with E-state index in [1.165, 1.54) is 18.6 Å². The Morgan fingerprint density at radius 3 is 2.62 bits per heavy atom. The van der Waals surface area contributed by atoms with Crippen LogP contribution >= 0.6 is 0 Å². The van der Waals surface area contributed by atoms with Crippen LogP contribution in [0, 0.1) is 11.6 Å². The van der Waals surface area contributed by atoms with Crippen LogP contribution in [0.25, 0.3) is 0 Å². The third-order valence-corrected chi connectivity index (χ3v) is 4.15. The van der Waals surface area contributed by atoms with Gasteiger partial charge in [0.1, 0.15) is 17.0 Å². The Bertz CT molecular complexity index is 738. The normalized spacial score (nSPS) is 11.6. The molecule has 6 nitrogen and oxygen atoms in total. The molecule has 0 saturated carbocycles. The molecule has 21 heavy (non-hydrogen) atoms. The van der Waals surface area contributed by atoms with Crippen LogP contribution < -0.4 is 10.5 Å². The molecular weight excluding hydrogens is 302 g/mol. The van der Waals surface area contributed by atoms with Gasteiger partial charge in [-0.25, -0.2) is 31.9 Å². The van der Waals surface area contributed by atoms with Crippen molar-refractivity contribution in [2.75, 3.05) is 0 Å². The monoisotopic (exact) mass is 314 g/mol.